The number of ether oxygens (including phenoxy) is 1. The quantitative estimate of drug-likeness (QED) is 0.283. The van der Waals surface area contributed by atoms with Crippen molar-refractivity contribution in [1.29, 1.82) is 0 Å². The Kier molecular flexibility index (Phi) is 9.48. The van der Waals surface area contributed by atoms with E-state index in [1.54, 1.807) is 7.11 Å². The number of methoxy groups -OCH3 is 1. The minimum Gasteiger partial charge on any atom is -0.497 e. The van der Waals surface area contributed by atoms with Crippen LogP contribution in [0, 0.1) is 0 Å². The van der Waals surface area contributed by atoms with Gasteiger partial charge in [0.15, 0.2) is 0 Å². The summed E-state index contributed by atoms with van der Waals surface area (Å²) in [6.07, 6.45) is 0. The summed E-state index contributed by atoms with van der Waals surface area (Å²) in [5.74, 6) is 2.58. The zero-order chi connectivity index (χ0) is 26.4. The lowest BCUT2D eigenvalue weighted by atomic mass is 9.91. The van der Waals surface area contributed by atoms with Crippen molar-refractivity contribution < 1.29 is 4.74 Å². The molecule has 2 N–H and O–H groups in total. The van der Waals surface area contributed by atoms with Crippen molar-refractivity contribution in [3.63, 3.8) is 0 Å². The molecule has 0 amide bonds. The molecule has 0 aliphatic heterocycles. The SMILES string of the molecule is COc1cc(C(C)C)c(NC(CNc2c(C(C)C)cccc2C(C)C)c2ccccc2)c(C(C)C)c1. The number of benzene rings is 3. The molecule has 0 aliphatic rings. The molecule has 0 fully saturated rings. The van der Waals surface area contributed by atoms with E-state index in [1.165, 1.54) is 39.2 Å². The molecule has 0 aliphatic carbocycles. The van der Waals surface area contributed by atoms with Gasteiger partial charge in [-0.05, 0) is 63.6 Å². The number of hydrogen-bond donors (Lipinski definition) is 2. The van der Waals surface area contributed by atoms with Crippen molar-refractivity contribution in [2.75, 3.05) is 24.3 Å². The highest BCUT2D eigenvalue weighted by molar-refractivity contribution is 5.65. The number of rotatable bonds is 11. The second-order valence-corrected chi connectivity index (χ2v) is 11.1. The molecule has 0 saturated heterocycles. The Bertz CT molecular complexity index is 1060. The first-order chi connectivity index (χ1) is 17.1. The van der Waals surface area contributed by atoms with Crippen LogP contribution < -0.4 is 15.4 Å². The van der Waals surface area contributed by atoms with E-state index in [0.29, 0.717) is 23.7 Å². The van der Waals surface area contributed by atoms with Crippen LogP contribution in [-0.2, 0) is 0 Å². The maximum absolute atomic E-state index is 5.68. The highest BCUT2D eigenvalue weighted by atomic mass is 16.5. The molecule has 3 rings (SSSR count). The van der Waals surface area contributed by atoms with Gasteiger partial charge in [-0.25, -0.2) is 0 Å². The minimum absolute atomic E-state index is 0.106. The van der Waals surface area contributed by atoms with Crippen molar-refractivity contribution in [2.45, 2.75) is 85.1 Å². The van der Waals surface area contributed by atoms with Crippen LogP contribution in [0.5, 0.6) is 5.75 Å². The molecule has 0 aromatic heterocycles. The molecule has 0 spiro atoms. The predicted octanol–water partition coefficient (Wildman–Crippen LogP) is 9.45. The fourth-order valence-corrected chi connectivity index (χ4v) is 4.93. The maximum atomic E-state index is 5.68. The van der Waals surface area contributed by atoms with E-state index in [1.807, 2.05) is 0 Å². The van der Waals surface area contributed by atoms with E-state index < -0.39 is 0 Å². The third-order valence-corrected chi connectivity index (χ3v) is 7.03. The van der Waals surface area contributed by atoms with Crippen LogP contribution >= 0.6 is 0 Å². The fourth-order valence-electron chi connectivity index (χ4n) is 4.93. The van der Waals surface area contributed by atoms with Gasteiger partial charge in [0.05, 0.1) is 13.2 Å². The van der Waals surface area contributed by atoms with Crippen molar-refractivity contribution in [1.82, 2.24) is 0 Å². The monoisotopic (exact) mass is 486 g/mol. The topological polar surface area (TPSA) is 33.3 Å². The first kappa shape index (κ1) is 27.6. The summed E-state index contributed by atoms with van der Waals surface area (Å²) in [7, 11) is 1.76. The summed E-state index contributed by atoms with van der Waals surface area (Å²) in [6.45, 7) is 18.9. The van der Waals surface area contributed by atoms with Gasteiger partial charge in [-0.15, -0.1) is 0 Å². The number of hydrogen-bond acceptors (Lipinski definition) is 3. The van der Waals surface area contributed by atoms with Gasteiger partial charge in [0, 0.05) is 17.9 Å². The molecule has 0 saturated carbocycles. The third-order valence-electron chi connectivity index (χ3n) is 7.03. The lowest BCUT2D eigenvalue weighted by Crippen LogP contribution is -2.23. The Morgan fingerprint density at radius 1 is 0.611 bits per heavy atom. The molecule has 1 atom stereocenters. The molecule has 0 heterocycles. The molecule has 3 aromatic carbocycles. The molecule has 0 bridgehead atoms. The van der Waals surface area contributed by atoms with E-state index in [4.69, 9.17) is 4.74 Å². The summed E-state index contributed by atoms with van der Waals surface area (Å²) in [5, 5.41) is 7.89. The van der Waals surface area contributed by atoms with Crippen LogP contribution in [0.1, 0.15) is 113 Å². The Morgan fingerprint density at radius 3 is 1.56 bits per heavy atom. The van der Waals surface area contributed by atoms with Crippen LogP contribution in [0.3, 0.4) is 0 Å². The fraction of sp³-hybridized carbons (Fsp3) is 0.455. The van der Waals surface area contributed by atoms with Crippen molar-refractivity contribution in [3.8, 4) is 5.75 Å². The molecule has 0 radical (unpaired) electrons. The maximum Gasteiger partial charge on any atom is 0.119 e. The predicted molar refractivity (Wildman–Crippen MR) is 157 cm³/mol. The van der Waals surface area contributed by atoms with Crippen molar-refractivity contribution in [3.05, 3.63) is 88.5 Å². The molecule has 1 unspecified atom stereocenters. The van der Waals surface area contributed by atoms with Gasteiger partial charge in [0.1, 0.15) is 5.75 Å². The van der Waals surface area contributed by atoms with Gasteiger partial charge in [0.2, 0.25) is 0 Å². The van der Waals surface area contributed by atoms with E-state index in [2.05, 4.69) is 127 Å². The number of anilines is 2. The standard InChI is InChI=1S/C33H46N2O/c1-21(2)27-16-13-17-28(22(3)4)32(27)34-20-31(25-14-11-10-12-15-25)35-33-29(23(5)6)18-26(36-9)19-30(33)24(7)8/h10-19,21-24,31,34-35H,20H2,1-9H3. The number of para-hydroxylation sites is 1. The minimum atomic E-state index is 0.106. The van der Waals surface area contributed by atoms with Crippen LogP contribution in [0.2, 0.25) is 0 Å². The van der Waals surface area contributed by atoms with Crippen LogP contribution in [0.25, 0.3) is 0 Å². The summed E-state index contributed by atoms with van der Waals surface area (Å²) in [4.78, 5) is 0. The zero-order valence-corrected chi connectivity index (χ0v) is 23.8. The lowest BCUT2D eigenvalue weighted by Gasteiger charge is -2.29. The average Bonchev–Trinajstić information content (AvgIpc) is 2.86. The Labute approximate surface area is 219 Å². The zero-order valence-electron chi connectivity index (χ0n) is 23.8. The normalized spacial score (nSPS) is 12.5. The van der Waals surface area contributed by atoms with Crippen LogP contribution in [0.4, 0.5) is 11.4 Å². The van der Waals surface area contributed by atoms with Crippen LogP contribution in [0.15, 0.2) is 60.7 Å². The molecule has 194 valence electrons. The van der Waals surface area contributed by atoms with E-state index in [9.17, 15) is 0 Å². The highest BCUT2D eigenvalue weighted by Gasteiger charge is 2.22. The highest BCUT2D eigenvalue weighted by Crippen LogP contribution is 2.39. The van der Waals surface area contributed by atoms with Gasteiger partial charge in [-0.3, -0.25) is 0 Å². The van der Waals surface area contributed by atoms with E-state index in [0.717, 1.165) is 12.3 Å². The summed E-state index contributed by atoms with van der Waals surface area (Å²) >= 11 is 0. The van der Waals surface area contributed by atoms with Gasteiger partial charge < -0.3 is 15.4 Å². The average molecular weight is 487 g/mol. The second kappa shape index (κ2) is 12.3. The summed E-state index contributed by atoms with van der Waals surface area (Å²) in [5.41, 5.74) is 9.14. The van der Waals surface area contributed by atoms with Gasteiger partial charge in [-0.1, -0.05) is 104 Å². The Hall–Kier alpha value is -2.94. The Morgan fingerprint density at radius 2 is 1.11 bits per heavy atom. The molecular formula is C33H46N2O. The molecule has 3 nitrogen and oxygen atoms in total. The van der Waals surface area contributed by atoms with E-state index >= 15 is 0 Å². The van der Waals surface area contributed by atoms with Crippen molar-refractivity contribution >= 4 is 11.4 Å². The molecule has 36 heavy (non-hydrogen) atoms. The lowest BCUT2D eigenvalue weighted by molar-refractivity contribution is 0.413. The smallest absolute Gasteiger partial charge is 0.119 e. The molecule has 3 aromatic rings. The first-order valence-corrected chi connectivity index (χ1v) is 13.5. The second-order valence-electron chi connectivity index (χ2n) is 11.1. The van der Waals surface area contributed by atoms with Gasteiger partial charge in [0.25, 0.3) is 0 Å². The van der Waals surface area contributed by atoms with Gasteiger partial charge in [-0.2, -0.15) is 0 Å². The first-order valence-electron chi connectivity index (χ1n) is 13.5. The molecule has 3 heteroatoms. The number of nitrogens with one attached hydrogen (secondary N) is 2. The van der Waals surface area contributed by atoms with Crippen LogP contribution in [-0.4, -0.2) is 13.7 Å². The van der Waals surface area contributed by atoms with E-state index in [-0.39, 0.29) is 6.04 Å². The Balaban J connectivity index is 2.06. The summed E-state index contributed by atoms with van der Waals surface area (Å²) in [6, 6.07) is 22.0. The summed E-state index contributed by atoms with van der Waals surface area (Å²) < 4.78 is 5.68. The van der Waals surface area contributed by atoms with Gasteiger partial charge >= 0.3 is 0 Å². The largest absolute Gasteiger partial charge is 0.497 e. The van der Waals surface area contributed by atoms with Crippen molar-refractivity contribution in [2.24, 2.45) is 0 Å². The molecular weight excluding hydrogens is 440 g/mol. The third kappa shape index (κ3) is 6.43.